The van der Waals surface area contributed by atoms with Gasteiger partial charge in [0.25, 0.3) is 0 Å². The summed E-state index contributed by atoms with van der Waals surface area (Å²) in [6.45, 7) is 1.01. The molecule has 1 aromatic carbocycles. The number of nitro benzene ring substituents is 3. The van der Waals surface area contributed by atoms with Crippen molar-refractivity contribution in [2.45, 2.75) is 6.92 Å². The molecule has 0 atom stereocenters. The Bertz CT molecular complexity index is 832. The fourth-order valence-electron chi connectivity index (χ4n) is 1.96. The van der Waals surface area contributed by atoms with Gasteiger partial charge in [-0.15, -0.1) is 0 Å². The van der Waals surface area contributed by atoms with E-state index in [1.807, 2.05) is 9.97 Å². The van der Waals surface area contributed by atoms with Crippen molar-refractivity contribution in [1.82, 2.24) is 9.97 Å². The molecule has 0 amide bonds. The van der Waals surface area contributed by atoms with Crippen LogP contribution in [0.3, 0.4) is 0 Å². The van der Waals surface area contributed by atoms with E-state index < -0.39 is 54.1 Å². The molecule has 12 heteroatoms. The van der Waals surface area contributed by atoms with Gasteiger partial charge in [0.1, 0.15) is 5.56 Å². The van der Waals surface area contributed by atoms with Crippen LogP contribution in [0.15, 0.2) is 4.79 Å². The van der Waals surface area contributed by atoms with Gasteiger partial charge < -0.3 is 0 Å². The highest BCUT2D eigenvalue weighted by molar-refractivity contribution is 5.98. The SMILES string of the molecule is Cc1c([N+](=O)[O-])c([N+](=O)[O-])c2[nH]c(=O)[nH]c2c1[N+](=O)[O-]. The summed E-state index contributed by atoms with van der Waals surface area (Å²) < 4.78 is 0. The first-order valence-corrected chi connectivity index (χ1v) is 4.97. The van der Waals surface area contributed by atoms with Crippen LogP contribution in [0.25, 0.3) is 11.0 Å². The molecule has 0 saturated heterocycles. The average Bonchev–Trinajstić information content (AvgIpc) is 2.66. The zero-order valence-corrected chi connectivity index (χ0v) is 9.70. The third-order valence-electron chi connectivity index (χ3n) is 2.68. The van der Waals surface area contributed by atoms with Gasteiger partial charge in [-0.25, -0.2) is 4.79 Å². The maximum absolute atomic E-state index is 11.2. The van der Waals surface area contributed by atoms with Crippen molar-refractivity contribution in [2.24, 2.45) is 0 Å². The normalized spacial score (nSPS) is 10.7. The predicted octanol–water partition coefficient (Wildman–Crippen LogP) is 0.889. The summed E-state index contributed by atoms with van der Waals surface area (Å²) in [4.78, 5) is 45.0. The maximum atomic E-state index is 11.2. The van der Waals surface area contributed by atoms with Crippen LogP contribution in [-0.4, -0.2) is 24.7 Å². The number of fused-ring (bicyclic) bond motifs is 1. The van der Waals surface area contributed by atoms with Crippen molar-refractivity contribution in [3.63, 3.8) is 0 Å². The molecule has 1 aromatic heterocycles. The molecule has 0 unspecified atom stereocenters. The van der Waals surface area contributed by atoms with Crippen molar-refractivity contribution in [3.05, 3.63) is 46.4 Å². The second kappa shape index (κ2) is 4.11. The highest BCUT2D eigenvalue weighted by Gasteiger charge is 2.39. The largest absolute Gasteiger partial charge is 0.372 e. The summed E-state index contributed by atoms with van der Waals surface area (Å²) in [5.41, 5.74) is -5.24. The quantitative estimate of drug-likeness (QED) is 0.619. The van der Waals surface area contributed by atoms with Crippen LogP contribution < -0.4 is 5.69 Å². The van der Waals surface area contributed by atoms with Gasteiger partial charge in [-0.2, -0.15) is 0 Å². The number of aromatic nitrogens is 2. The number of nitrogens with zero attached hydrogens (tertiary/aromatic N) is 3. The van der Waals surface area contributed by atoms with Gasteiger partial charge in [-0.1, -0.05) is 0 Å². The molecule has 0 bridgehead atoms. The van der Waals surface area contributed by atoms with Crippen molar-refractivity contribution < 1.29 is 14.8 Å². The maximum Gasteiger partial charge on any atom is 0.372 e. The Kier molecular flexibility index (Phi) is 2.70. The smallest absolute Gasteiger partial charge is 0.300 e. The van der Waals surface area contributed by atoms with Gasteiger partial charge in [0.2, 0.25) is 0 Å². The molecule has 2 N–H and O–H groups in total. The van der Waals surface area contributed by atoms with E-state index in [0.717, 1.165) is 6.92 Å². The molecule has 1 heterocycles. The number of imidazole rings is 1. The summed E-state index contributed by atoms with van der Waals surface area (Å²) in [7, 11) is 0. The van der Waals surface area contributed by atoms with Gasteiger partial charge in [-0.05, 0) is 6.92 Å². The Balaban J connectivity index is 3.18. The van der Waals surface area contributed by atoms with E-state index in [4.69, 9.17) is 0 Å². The van der Waals surface area contributed by atoms with Gasteiger partial charge in [0.05, 0.1) is 14.8 Å². The van der Waals surface area contributed by atoms with E-state index in [2.05, 4.69) is 0 Å². The van der Waals surface area contributed by atoms with E-state index in [9.17, 15) is 35.1 Å². The fourth-order valence-corrected chi connectivity index (χ4v) is 1.96. The molecule has 0 spiro atoms. The molecular formula is C8H5N5O7. The number of hydrogen-bond acceptors (Lipinski definition) is 7. The molecule has 0 aliphatic rings. The zero-order chi connectivity index (χ0) is 15.2. The van der Waals surface area contributed by atoms with Crippen LogP contribution >= 0.6 is 0 Å². The van der Waals surface area contributed by atoms with Gasteiger partial charge in [-0.3, -0.25) is 40.3 Å². The minimum atomic E-state index is -1.09. The molecule has 0 saturated carbocycles. The Morgan fingerprint density at radius 3 is 1.60 bits per heavy atom. The second-order valence-corrected chi connectivity index (χ2v) is 3.77. The van der Waals surface area contributed by atoms with Crippen LogP contribution in [-0.2, 0) is 0 Å². The van der Waals surface area contributed by atoms with Gasteiger partial charge in [0, 0.05) is 0 Å². The van der Waals surface area contributed by atoms with Crippen molar-refractivity contribution in [2.75, 3.05) is 0 Å². The van der Waals surface area contributed by atoms with Gasteiger partial charge in [0.15, 0.2) is 11.0 Å². The van der Waals surface area contributed by atoms with Crippen molar-refractivity contribution >= 4 is 28.1 Å². The molecule has 0 aliphatic carbocycles. The lowest BCUT2D eigenvalue weighted by atomic mass is 10.1. The van der Waals surface area contributed by atoms with Crippen molar-refractivity contribution in [3.8, 4) is 0 Å². The third-order valence-corrected chi connectivity index (χ3v) is 2.68. The lowest BCUT2D eigenvalue weighted by molar-refractivity contribution is -0.423. The number of nitro groups is 3. The standard InChI is InChI=1S/C8H5N5O7/c1-2-5(11(15)16)3-4(10-8(14)9-3)7(13(19)20)6(2)12(17)18/h1H3,(H2,9,10,14). The lowest BCUT2D eigenvalue weighted by Crippen LogP contribution is -2.03. The van der Waals surface area contributed by atoms with Crippen LogP contribution in [0.5, 0.6) is 0 Å². The molecule has 104 valence electrons. The summed E-state index contributed by atoms with van der Waals surface area (Å²) in [5.74, 6) is 0. The Morgan fingerprint density at radius 2 is 1.20 bits per heavy atom. The summed E-state index contributed by atoms with van der Waals surface area (Å²) >= 11 is 0. The average molecular weight is 283 g/mol. The number of H-pyrrole nitrogens is 2. The molecule has 12 nitrogen and oxygen atoms in total. The number of nitrogens with one attached hydrogen (secondary N) is 2. The number of aromatic amines is 2. The molecular weight excluding hydrogens is 278 g/mol. The van der Waals surface area contributed by atoms with Crippen LogP contribution in [0.2, 0.25) is 0 Å². The van der Waals surface area contributed by atoms with E-state index >= 15 is 0 Å². The van der Waals surface area contributed by atoms with Crippen molar-refractivity contribution in [1.29, 1.82) is 0 Å². The van der Waals surface area contributed by atoms with E-state index in [0.29, 0.717) is 0 Å². The topological polar surface area (TPSA) is 178 Å². The minimum absolute atomic E-state index is 0.449. The van der Waals surface area contributed by atoms with Crippen LogP contribution in [0, 0.1) is 37.3 Å². The highest BCUT2D eigenvalue weighted by Crippen LogP contribution is 2.42. The monoisotopic (exact) mass is 283 g/mol. The molecule has 2 aromatic rings. The van der Waals surface area contributed by atoms with Crippen LogP contribution in [0.1, 0.15) is 5.56 Å². The predicted molar refractivity (Wildman–Crippen MR) is 63.6 cm³/mol. The molecule has 2 rings (SSSR count). The summed E-state index contributed by atoms with van der Waals surface area (Å²) in [6, 6.07) is 0. The summed E-state index contributed by atoms with van der Waals surface area (Å²) in [6.07, 6.45) is 0. The fraction of sp³-hybridized carbons (Fsp3) is 0.125. The van der Waals surface area contributed by atoms with E-state index in [-0.39, 0.29) is 0 Å². The number of rotatable bonds is 3. The van der Waals surface area contributed by atoms with Gasteiger partial charge >= 0.3 is 22.8 Å². The Labute approximate surface area is 107 Å². The minimum Gasteiger partial charge on any atom is -0.300 e. The molecule has 0 fully saturated rings. The number of benzene rings is 1. The Hall–Kier alpha value is -3.31. The zero-order valence-electron chi connectivity index (χ0n) is 9.70. The molecule has 0 aliphatic heterocycles. The first-order valence-electron chi connectivity index (χ1n) is 4.97. The second-order valence-electron chi connectivity index (χ2n) is 3.77. The third kappa shape index (κ3) is 1.66. The molecule has 0 radical (unpaired) electrons. The lowest BCUT2D eigenvalue weighted by Gasteiger charge is -2.02. The summed E-state index contributed by atoms with van der Waals surface area (Å²) in [5, 5.41) is 32.9. The van der Waals surface area contributed by atoms with Crippen LogP contribution in [0.4, 0.5) is 17.1 Å². The Morgan fingerprint density at radius 1 is 0.800 bits per heavy atom. The van der Waals surface area contributed by atoms with E-state index in [1.165, 1.54) is 0 Å². The first kappa shape index (κ1) is 13.1. The molecule has 20 heavy (non-hydrogen) atoms. The number of hydrogen-bond donors (Lipinski definition) is 2. The first-order chi connectivity index (χ1) is 9.25. The highest BCUT2D eigenvalue weighted by atomic mass is 16.6. The van der Waals surface area contributed by atoms with E-state index in [1.54, 1.807) is 0 Å².